The van der Waals surface area contributed by atoms with Gasteiger partial charge in [-0.3, -0.25) is 9.69 Å². The van der Waals surface area contributed by atoms with Crippen molar-refractivity contribution in [1.82, 2.24) is 20.0 Å². The van der Waals surface area contributed by atoms with E-state index >= 15 is 0 Å². The molecule has 28 heavy (non-hydrogen) atoms. The first-order valence-corrected chi connectivity index (χ1v) is 9.36. The highest BCUT2D eigenvalue weighted by molar-refractivity contribution is 5.83. The van der Waals surface area contributed by atoms with Gasteiger partial charge >= 0.3 is 6.09 Å². The summed E-state index contributed by atoms with van der Waals surface area (Å²) in [5, 5.41) is 7.54. The van der Waals surface area contributed by atoms with E-state index in [2.05, 4.69) is 24.3 Å². The van der Waals surface area contributed by atoms with Gasteiger partial charge in [-0.2, -0.15) is 5.10 Å². The van der Waals surface area contributed by atoms with Gasteiger partial charge in [0.2, 0.25) is 5.91 Å². The summed E-state index contributed by atoms with van der Waals surface area (Å²) in [4.78, 5) is 25.5. The molecule has 1 N–H and O–H groups in total. The van der Waals surface area contributed by atoms with Gasteiger partial charge in [-0.25, -0.2) is 13.9 Å². The van der Waals surface area contributed by atoms with Crippen LogP contribution >= 0.6 is 0 Å². The number of carbonyl (C=O) groups is 2. The summed E-state index contributed by atoms with van der Waals surface area (Å²) in [5.41, 5.74) is 2.70. The highest BCUT2D eigenvalue weighted by Gasteiger charge is 2.36. The first-order valence-electron chi connectivity index (χ1n) is 9.36. The van der Waals surface area contributed by atoms with Crippen molar-refractivity contribution in [2.45, 2.75) is 32.7 Å². The van der Waals surface area contributed by atoms with Gasteiger partial charge in [0.05, 0.1) is 30.2 Å². The SMILES string of the molecule is CC1(C)Cc2c(cnn2-c2ccc(F)cc2)C(NC(=O)CN2CCOC2=O)C1. The quantitative estimate of drug-likeness (QED) is 0.876. The summed E-state index contributed by atoms with van der Waals surface area (Å²) in [6.45, 7) is 5.02. The van der Waals surface area contributed by atoms with Crippen LogP contribution in [0.3, 0.4) is 0 Å². The molecular formula is C20H23FN4O3. The van der Waals surface area contributed by atoms with Gasteiger partial charge in [-0.05, 0) is 42.5 Å². The van der Waals surface area contributed by atoms with E-state index in [1.54, 1.807) is 18.3 Å². The van der Waals surface area contributed by atoms with Gasteiger partial charge < -0.3 is 10.1 Å². The summed E-state index contributed by atoms with van der Waals surface area (Å²) in [7, 11) is 0. The number of hydrogen-bond donors (Lipinski definition) is 1. The molecule has 1 aliphatic carbocycles. The van der Waals surface area contributed by atoms with Crippen molar-refractivity contribution in [3.63, 3.8) is 0 Å². The van der Waals surface area contributed by atoms with Gasteiger partial charge in [0.15, 0.2) is 0 Å². The molecule has 1 saturated heterocycles. The third kappa shape index (κ3) is 3.58. The Labute approximate surface area is 162 Å². The predicted octanol–water partition coefficient (Wildman–Crippen LogP) is 2.59. The Hall–Kier alpha value is -2.90. The van der Waals surface area contributed by atoms with E-state index in [1.165, 1.54) is 17.0 Å². The lowest BCUT2D eigenvalue weighted by Gasteiger charge is -2.36. The molecule has 1 aliphatic heterocycles. The second kappa shape index (κ2) is 6.92. The minimum Gasteiger partial charge on any atom is -0.448 e. The normalized spacial score (nSPS) is 20.6. The molecule has 7 nitrogen and oxygen atoms in total. The van der Waals surface area contributed by atoms with E-state index in [0.29, 0.717) is 13.2 Å². The molecule has 0 spiro atoms. The van der Waals surface area contributed by atoms with Crippen molar-refractivity contribution in [1.29, 1.82) is 0 Å². The van der Waals surface area contributed by atoms with Crippen LogP contribution in [0, 0.1) is 11.2 Å². The van der Waals surface area contributed by atoms with Gasteiger partial charge in [-0.15, -0.1) is 0 Å². The molecule has 1 aromatic carbocycles. The van der Waals surface area contributed by atoms with Crippen molar-refractivity contribution in [2.24, 2.45) is 5.41 Å². The molecule has 1 fully saturated rings. The highest BCUT2D eigenvalue weighted by Crippen LogP contribution is 2.41. The zero-order valence-corrected chi connectivity index (χ0v) is 15.9. The topological polar surface area (TPSA) is 76.5 Å². The first-order chi connectivity index (χ1) is 13.3. The summed E-state index contributed by atoms with van der Waals surface area (Å²) in [6.07, 6.45) is 2.88. The Kier molecular flexibility index (Phi) is 4.56. The van der Waals surface area contributed by atoms with E-state index in [4.69, 9.17) is 4.74 Å². The van der Waals surface area contributed by atoms with Crippen LogP contribution in [0.15, 0.2) is 30.5 Å². The lowest BCUT2D eigenvalue weighted by Crippen LogP contribution is -2.42. The number of amides is 2. The molecule has 2 aliphatic rings. The van der Waals surface area contributed by atoms with E-state index in [0.717, 1.165) is 29.8 Å². The molecule has 0 radical (unpaired) electrons. The molecule has 2 amide bonds. The summed E-state index contributed by atoms with van der Waals surface area (Å²) < 4.78 is 20.0. The standard InChI is InChI=1S/C20H23FN4O3/c1-20(2)9-16(23-18(26)12-24-7-8-28-19(24)27)15-11-22-25(17(15)10-20)14-5-3-13(21)4-6-14/h3-6,11,16H,7-10,12H2,1-2H3,(H,23,26). The van der Waals surface area contributed by atoms with Gasteiger partial charge in [0, 0.05) is 5.56 Å². The monoisotopic (exact) mass is 386 g/mol. The molecule has 8 heteroatoms. The lowest BCUT2D eigenvalue weighted by molar-refractivity contribution is -0.122. The van der Waals surface area contributed by atoms with Crippen molar-refractivity contribution in [2.75, 3.05) is 19.7 Å². The molecule has 1 unspecified atom stereocenters. The Bertz CT molecular complexity index is 907. The maximum Gasteiger partial charge on any atom is 0.410 e. The van der Waals surface area contributed by atoms with E-state index in [9.17, 15) is 14.0 Å². The van der Waals surface area contributed by atoms with Crippen LogP contribution < -0.4 is 5.32 Å². The highest BCUT2D eigenvalue weighted by atomic mass is 19.1. The molecular weight excluding hydrogens is 363 g/mol. The number of fused-ring (bicyclic) bond motifs is 1. The average molecular weight is 386 g/mol. The van der Waals surface area contributed by atoms with Crippen LogP contribution in [-0.4, -0.2) is 46.4 Å². The number of rotatable bonds is 4. The third-order valence-corrected chi connectivity index (χ3v) is 5.27. The number of nitrogens with one attached hydrogen (secondary N) is 1. The summed E-state index contributed by atoms with van der Waals surface area (Å²) in [5.74, 6) is -0.516. The Morgan fingerprint density at radius 1 is 1.36 bits per heavy atom. The second-order valence-electron chi connectivity index (χ2n) is 8.14. The lowest BCUT2D eigenvalue weighted by atomic mass is 9.74. The Morgan fingerprint density at radius 3 is 2.79 bits per heavy atom. The number of carbonyl (C=O) groups excluding carboxylic acids is 2. The molecule has 148 valence electrons. The maximum atomic E-state index is 13.3. The van der Waals surface area contributed by atoms with Crippen LogP contribution in [0.2, 0.25) is 0 Å². The van der Waals surface area contributed by atoms with Crippen molar-refractivity contribution < 1.29 is 18.7 Å². The number of nitrogens with zero attached hydrogens (tertiary/aromatic N) is 3. The molecule has 0 bridgehead atoms. The average Bonchev–Trinajstić information content (AvgIpc) is 3.21. The molecule has 4 rings (SSSR count). The largest absolute Gasteiger partial charge is 0.448 e. The van der Waals surface area contributed by atoms with Gasteiger partial charge in [0.25, 0.3) is 0 Å². The van der Waals surface area contributed by atoms with Crippen molar-refractivity contribution in [3.8, 4) is 5.69 Å². The van der Waals surface area contributed by atoms with Crippen molar-refractivity contribution in [3.05, 3.63) is 47.5 Å². The summed E-state index contributed by atoms with van der Waals surface area (Å²) >= 11 is 0. The Morgan fingerprint density at radius 2 is 2.11 bits per heavy atom. The first kappa shape index (κ1) is 18.5. The fourth-order valence-corrected chi connectivity index (χ4v) is 3.96. The number of hydrogen-bond acceptors (Lipinski definition) is 4. The van der Waals surface area contributed by atoms with Gasteiger partial charge in [-0.1, -0.05) is 13.8 Å². The van der Waals surface area contributed by atoms with Crippen LogP contribution in [0.4, 0.5) is 9.18 Å². The van der Waals surface area contributed by atoms with Crippen LogP contribution in [-0.2, 0) is 16.0 Å². The summed E-state index contributed by atoms with van der Waals surface area (Å²) in [6, 6.07) is 6.00. The molecule has 1 aromatic heterocycles. The van der Waals surface area contributed by atoms with Crippen molar-refractivity contribution >= 4 is 12.0 Å². The third-order valence-electron chi connectivity index (χ3n) is 5.27. The molecule has 0 saturated carbocycles. The smallest absolute Gasteiger partial charge is 0.410 e. The van der Waals surface area contributed by atoms with E-state index in [1.807, 2.05) is 4.68 Å². The zero-order chi connectivity index (χ0) is 19.9. The number of halogens is 1. The molecule has 2 aromatic rings. The Balaban J connectivity index is 1.57. The van der Waals surface area contributed by atoms with Crippen LogP contribution in [0.25, 0.3) is 5.69 Å². The van der Waals surface area contributed by atoms with Crippen LogP contribution in [0.1, 0.15) is 37.6 Å². The fraction of sp³-hybridized carbons (Fsp3) is 0.450. The molecule has 2 heterocycles. The minimum absolute atomic E-state index is 0.0167. The maximum absolute atomic E-state index is 13.3. The van der Waals surface area contributed by atoms with E-state index < -0.39 is 6.09 Å². The number of aromatic nitrogens is 2. The zero-order valence-electron chi connectivity index (χ0n) is 15.9. The predicted molar refractivity (Wildman–Crippen MR) is 99.4 cm³/mol. The number of benzene rings is 1. The minimum atomic E-state index is -0.455. The number of ether oxygens (including phenoxy) is 1. The second-order valence-corrected chi connectivity index (χ2v) is 8.14. The van der Waals surface area contributed by atoms with E-state index in [-0.39, 0.29) is 29.7 Å². The number of cyclic esters (lactones) is 1. The van der Waals surface area contributed by atoms with Gasteiger partial charge in [0.1, 0.15) is 19.0 Å². The molecule has 1 atom stereocenters. The van der Waals surface area contributed by atoms with Crippen LogP contribution in [0.5, 0.6) is 0 Å². The fourth-order valence-electron chi connectivity index (χ4n) is 3.96.